The summed E-state index contributed by atoms with van der Waals surface area (Å²) in [4.78, 5) is 23.4. The maximum absolute atomic E-state index is 11.7. The fraction of sp³-hybridized carbons (Fsp3) is 0.176. The van der Waals surface area contributed by atoms with Crippen LogP contribution in [0, 0.1) is 0 Å². The first-order chi connectivity index (χ1) is 10.7. The third kappa shape index (κ3) is 4.63. The molecule has 0 fully saturated rings. The highest BCUT2D eigenvalue weighted by Gasteiger charge is 2.09. The standard InChI is InChI=1S/C17H17NO4/c1-2-21-16(19)14-9-6-10-15(11-14)18-17(20)22-12-13-7-4-3-5-8-13/h3-11H,2,12H2,1H3,(H,18,20). The molecule has 0 bridgehead atoms. The zero-order valence-corrected chi connectivity index (χ0v) is 12.2. The van der Waals surface area contributed by atoms with E-state index in [1.807, 2.05) is 30.3 Å². The van der Waals surface area contributed by atoms with E-state index in [0.29, 0.717) is 17.9 Å². The molecule has 0 aliphatic carbocycles. The molecule has 114 valence electrons. The molecule has 0 aliphatic rings. The van der Waals surface area contributed by atoms with E-state index in [0.717, 1.165) is 5.56 Å². The molecule has 0 radical (unpaired) electrons. The first kappa shape index (κ1) is 15.6. The Balaban J connectivity index is 1.91. The molecule has 2 aromatic rings. The zero-order valence-electron chi connectivity index (χ0n) is 12.2. The highest BCUT2D eigenvalue weighted by atomic mass is 16.5. The summed E-state index contributed by atoms with van der Waals surface area (Å²) in [6, 6.07) is 15.9. The molecule has 0 unspecified atom stereocenters. The predicted molar refractivity (Wildman–Crippen MR) is 82.6 cm³/mol. The molecule has 22 heavy (non-hydrogen) atoms. The van der Waals surface area contributed by atoms with Crippen LogP contribution in [0.3, 0.4) is 0 Å². The van der Waals surface area contributed by atoms with E-state index in [2.05, 4.69) is 5.32 Å². The van der Waals surface area contributed by atoms with Crippen molar-refractivity contribution in [3.63, 3.8) is 0 Å². The van der Waals surface area contributed by atoms with Crippen molar-refractivity contribution in [3.8, 4) is 0 Å². The van der Waals surface area contributed by atoms with Gasteiger partial charge in [-0.25, -0.2) is 9.59 Å². The fourth-order valence-corrected chi connectivity index (χ4v) is 1.82. The van der Waals surface area contributed by atoms with E-state index >= 15 is 0 Å². The summed E-state index contributed by atoms with van der Waals surface area (Å²) >= 11 is 0. The van der Waals surface area contributed by atoms with Gasteiger partial charge < -0.3 is 9.47 Å². The highest BCUT2D eigenvalue weighted by molar-refractivity contribution is 5.92. The van der Waals surface area contributed by atoms with Gasteiger partial charge in [0.2, 0.25) is 0 Å². The van der Waals surface area contributed by atoms with Gasteiger partial charge in [0.25, 0.3) is 0 Å². The number of rotatable bonds is 5. The fourth-order valence-electron chi connectivity index (χ4n) is 1.82. The van der Waals surface area contributed by atoms with Crippen LogP contribution in [0.5, 0.6) is 0 Å². The third-order valence-electron chi connectivity index (χ3n) is 2.83. The monoisotopic (exact) mass is 299 g/mol. The van der Waals surface area contributed by atoms with Gasteiger partial charge in [-0.1, -0.05) is 36.4 Å². The van der Waals surface area contributed by atoms with Crippen molar-refractivity contribution in [1.29, 1.82) is 0 Å². The molecule has 0 heterocycles. The minimum atomic E-state index is -0.579. The molecule has 0 saturated heterocycles. The summed E-state index contributed by atoms with van der Waals surface area (Å²) in [5, 5.41) is 2.58. The van der Waals surface area contributed by atoms with Crippen molar-refractivity contribution >= 4 is 17.7 Å². The SMILES string of the molecule is CCOC(=O)c1cccc(NC(=O)OCc2ccccc2)c1. The van der Waals surface area contributed by atoms with Crippen LogP contribution in [0.15, 0.2) is 54.6 Å². The van der Waals surface area contributed by atoms with Crippen molar-refractivity contribution in [2.75, 3.05) is 11.9 Å². The first-order valence-corrected chi connectivity index (χ1v) is 6.94. The summed E-state index contributed by atoms with van der Waals surface area (Å²) in [5.74, 6) is -0.427. The van der Waals surface area contributed by atoms with Crippen molar-refractivity contribution in [2.45, 2.75) is 13.5 Å². The van der Waals surface area contributed by atoms with Crippen LogP contribution in [0.1, 0.15) is 22.8 Å². The number of carbonyl (C=O) groups is 2. The van der Waals surface area contributed by atoms with E-state index < -0.39 is 12.1 Å². The number of esters is 1. The highest BCUT2D eigenvalue weighted by Crippen LogP contribution is 2.12. The van der Waals surface area contributed by atoms with Crippen LogP contribution in [0.2, 0.25) is 0 Å². The van der Waals surface area contributed by atoms with Gasteiger partial charge in [-0.15, -0.1) is 0 Å². The van der Waals surface area contributed by atoms with Crippen LogP contribution in [0.25, 0.3) is 0 Å². The molecule has 5 heteroatoms. The second kappa shape index (κ2) is 7.83. The molecule has 0 spiro atoms. The Morgan fingerprint density at radius 2 is 1.77 bits per heavy atom. The lowest BCUT2D eigenvalue weighted by Gasteiger charge is -2.08. The van der Waals surface area contributed by atoms with Gasteiger partial charge in [0.1, 0.15) is 6.61 Å². The van der Waals surface area contributed by atoms with Crippen LogP contribution in [-0.2, 0) is 16.1 Å². The second-order valence-corrected chi connectivity index (χ2v) is 4.49. The molecule has 2 rings (SSSR count). The van der Waals surface area contributed by atoms with Gasteiger partial charge in [0.15, 0.2) is 0 Å². The van der Waals surface area contributed by atoms with Crippen molar-refractivity contribution < 1.29 is 19.1 Å². The van der Waals surface area contributed by atoms with Crippen molar-refractivity contribution in [2.24, 2.45) is 0 Å². The molecule has 0 saturated carbocycles. The van der Waals surface area contributed by atoms with Gasteiger partial charge in [-0.05, 0) is 30.7 Å². The molecule has 0 aromatic heterocycles. The van der Waals surface area contributed by atoms with Crippen molar-refractivity contribution in [1.82, 2.24) is 0 Å². The third-order valence-corrected chi connectivity index (χ3v) is 2.83. The number of hydrogen-bond acceptors (Lipinski definition) is 4. The van der Waals surface area contributed by atoms with Gasteiger partial charge >= 0.3 is 12.1 Å². The Morgan fingerprint density at radius 3 is 2.50 bits per heavy atom. The van der Waals surface area contributed by atoms with E-state index in [4.69, 9.17) is 9.47 Å². The van der Waals surface area contributed by atoms with E-state index in [-0.39, 0.29) is 6.61 Å². The smallest absolute Gasteiger partial charge is 0.411 e. The number of amides is 1. The van der Waals surface area contributed by atoms with Gasteiger partial charge in [0, 0.05) is 5.69 Å². The molecule has 5 nitrogen and oxygen atoms in total. The number of carbonyl (C=O) groups excluding carboxylic acids is 2. The Labute approximate surface area is 128 Å². The molecule has 2 aromatic carbocycles. The van der Waals surface area contributed by atoms with Crippen LogP contribution >= 0.6 is 0 Å². The van der Waals surface area contributed by atoms with Gasteiger partial charge in [-0.2, -0.15) is 0 Å². The molecular weight excluding hydrogens is 282 g/mol. The molecule has 0 aliphatic heterocycles. The quantitative estimate of drug-likeness (QED) is 0.857. The molecule has 0 atom stereocenters. The maximum Gasteiger partial charge on any atom is 0.411 e. The van der Waals surface area contributed by atoms with Crippen LogP contribution < -0.4 is 5.32 Å². The Morgan fingerprint density at radius 1 is 1.00 bits per heavy atom. The summed E-state index contributed by atoms with van der Waals surface area (Å²) in [6.45, 7) is 2.22. The summed E-state index contributed by atoms with van der Waals surface area (Å²) in [7, 11) is 0. The summed E-state index contributed by atoms with van der Waals surface area (Å²) in [5.41, 5.74) is 1.75. The Kier molecular flexibility index (Phi) is 5.54. The van der Waals surface area contributed by atoms with Crippen LogP contribution in [0.4, 0.5) is 10.5 Å². The minimum Gasteiger partial charge on any atom is -0.462 e. The topological polar surface area (TPSA) is 64.6 Å². The van der Waals surface area contributed by atoms with Gasteiger partial charge in [-0.3, -0.25) is 5.32 Å². The Bertz CT molecular complexity index is 640. The van der Waals surface area contributed by atoms with Crippen LogP contribution in [-0.4, -0.2) is 18.7 Å². The molecule has 1 N–H and O–H groups in total. The zero-order chi connectivity index (χ0) is 15.8. The lowest BCUT2D eigenvalue weighted by Crippen LogP contribution is -2.14. The minimum absolute atomic E-state index is 0.185. The van der Waals surface area contributed by atoms with Crippen molar-refractivity contribution in [3.05, 3.63) is 65.7 Å². The predicted octanol–water partition coefficient (Wildman–Crippen LogP) is 3.61. The number of nitrogens with one attached hydrogen (secondary N) is 1. The first-order valence-electron chi connectivity index (χ1n) is 6.94. The average Bonchev–Trinajstić information content (AvgIpc) is 2.54. The largest absolute Gasteiger partial charge is 0.462 e. The Hall–Kier alpha value is -2.82. The van der Waals surface area contributed by atoms with Gasteiger partial charge in [0.05, 0.1) is 12.2 Å². The number of benzene rings is 2. The summed E-state index contributed by atoms with van der Waals surface area (Å²) in [6.07, 6.45) is -0.579. The number of anilines is 1. The average molecular weight is 299 g/mol. The lowest BCUT2D eigenvalue weighted by molar-refractivity contribution is 0.0526. The summed E-state index contributed by atoms with van der Waals surface area (Å²) < 4.78 is 10.0. The number of hydrogen-bond donors (Lipinski definition) is 1. The normalized spacial score (nSPS) is 9.86. The number of ether oxygens (including phenoxy) is 2. The van der Waals surface area contributed by atoms with E-state index in [1.54, 1.807) is 31.2 Å². The second-order valence-electron chi connectivity index (χ2n) is 4.49. The maximum atomic E-state index is 11.7. The van der Waals surface area contributed by atoms with E-state index in [9.17, 15) is 9.59 Å². The van der Waals surface area contributed by atoms with E-state index in [1.165, 1.54) is 0 Å². The molecule has 1 amide bonds. The lowest BCUT2D eigenvalue weighted by atomic mass is 10.2. The molecular formula is C17H17NO4.